The SMILES string of the molecule is CCNC(=NCC(O)c1cc2ccccc2s1)NCCCc1nc(C(C)C)no1.I. The summed E-state index contributed by atoms with van der Waals surface area (Å²) in [5.74, 6) is 2.38. The molecule has 1 unspecified atom stereocenters. The summed E-state index contributed by atoms with van der Waals surface area (Å²) in [6, 6.07) is 10.2. The van der Waals surface area contributed by atoms with Gasteiger partial charge in [-0.15, -0.1) is 35.3 Å². The van der Waals surface area contributed by atoms with Crippen LogP contribution in [0.3, 0.4) is 0 Å². The van der Waals surface area contributed by atoms with Crippen molar-refractivity contribution in [1.29, 1.82) is 0 Å². The predicted octanol–water partition coefficient (Wildman–Crippen LogP) is 4.25. The number of fused-ring (bicyclic) bond motifs is 1. The Morgan fingerprint density at radius 2 is 2.07 bits per heavy atom. The van der Waals surface area contributed by atoms with E-state index in [2.05, 4.69) is 37.9 Å². The van der Waals surface area contributed by atoms with Gasteiger partial charge in [0.2, 0.25) is 5.89 Å². The first-order chi connectivity index (χ1) is 14.1. The van der Waals surface area contributed by atoms with Gasteiger partial charge in [-0.1, -0.05) is 37.2 Å². The van der Waals surface area contributed by atoms with E-state index in [4.69, 9.17) is 4.52 Å². The van der Waals surface area contributed by atoms with E-state index in [0.717, 1.165) is 42.0 Å². The third kappa shape index (κ3) is 6.92. The highest BCUT2D eigenvalue weighted by atomic mass is 127. The number of nitrogens with one attached hydrogen (secondary N) is 2. The highest BCUT2D eigenvalue weighted by Crippen LogP contribution is 2.29. The lowest BCUT2D eigenvalue weighted by atomic mass is 10.2. The molecule has 0 amide bonds. The summed E-state index contributed by atoms with van der Waals surface area (Å²) >= 11 is 1.61. The normalized spacial score (nSPS) is 12.8. The number of benzene rings is 1. The Bertz CT molecular complexity index is 907. The van der Waals surface area contributed by atoms with Crippen LogP contribution in [-0.2, 0) is 6.42 Å². The molecule has 0 aliphatic carbocycles. The monoisotopic (exact) mass is 543 g/mol. The van der Waals surface area contributed by atoms with E-state index in [-0.39, 0.29) is 29.9 Å². The van der Waals surface area contributed by atoms with Gasteiger partial charge in [0.1, 0.15) is 6.10 Å². The predicted molar refractivity (Wildman–Crippen MR) is 133 cm³/mol. The van der Waals surface area contributed by atoms with Crippen molar-refractivity contribution in [2.24, 2.45) is 4.99 Å². The summed E-state index contributed by atoms with van der Waals surface area (Å²) in [7, 11) is 0. The first-order valence-electron chi connectivity index (χ1n) is 10.1. The molecule has 7 nitrogen and oxygen atoms in total. The van der Waals surface area contributed by atoms with Crippen LogP contribution >= 0.6 is 35.3 Å². The van der Waals surface area contributed by atoms with Crippen molar-refractivity contribution in [2.45, 2.75) is 45.6 Å². The maximum absolute atomic E-state index is 10.5. The Hall–Kier alpha value is -1.72. The molecule has 0 fully saturated rings. The smallest absolute Gasteiger partial charge is 0.226 e. The summed E-state index contributed by atoms with van der Waals surface area (Å²) < 4.78 is 6.44. The number of aliphatic hydroxyl groups excluding tert-OH is 1. The number of nitrogens with zero attached hydrogens (tertiary/aromatic N) is 3. The first kappa shape index (κ1) is 24.5. The zero-order valence-electron chi connectivity index (χ0n) is 17.6. The zero-order chi connectivity index (χ0) is 20.6. The second-order valence-corrected chi connectivity index (χ2v) is 8.27. The number of thiophene rings is 1. The van der Waals surface area contributed by atoms with Crippen molar-refractivity contribution in [3.8, 4) is 0 Å². The third-order valence-corrected chi connectivity index (χ3v) is 5.62. The summed E-state index contributed by atoms with van der Waals surface area (Å²) in [5, 5.41) is 22.2. The number of rotatable bonds is 9. The van der Waals surface area contributed by atoms with Crippen molar-refractivity contribution in [3.05, 3.63) is 46.9 Å². The van der Waals surface area contributed by atoms with Gasteiger partial charge in [-0.3, -0.25) is 4.99 Å². The Morgan fingerprint density at radius 1 is 1.27 bits per heavy atom. The molecule has 0 spiro atoms. The summed E-state index contributed by atoms with van der Waals surface area (Å²) in [6.07, 6.45) is 0.954. The van der Waals surface area contributed by atoms with Gasteiger partial charge in [0.05, 0.1) is 6.54 Å². The minimum Gasteiger partial charge on any atom is -0.386 e. The topological polar surface area (TPSA) is 95.6 Å². The molecule has 1 atom stereocenters. The van der Waals surface area contributed by atoms with Crippen molar-refractivity contribution >= 4 is 51.4 Å². The lowest BCUT2D eigenvalue weighted by molar-refractivity contribution is 0.191. The fourth-order valence-corrected chi connectivity index (χ4v) is 3.87. The Labute approximate surface area is 198 Å². The number of halogens is 1. The highest BCUT2D eigenvalue weighted by molar-refractivity contribution is 14.0. The number of aliphatic hydroxyl groups is 1. The second kappa shape index (κ2) is 12.2. The van der Waals surface area contributed by atoms with E-state index in [1.165, 1.54) is 4.70 Å². The molecule has 0 bridgehead atoms. The van der Waals surface area contributed by atoms with Crippen molar-refractivity contribution in [1.82, 2.24) is 20.8 Å². The lowest BCUT2D eigenvalue weighted by Gasteiger charge is -2.12. The number of aliphatic imine (C=N–C) groups is 1. The zero-order valence-corrected chi connectivity index (χ0v) is 20.7. The van der Waals surface area contributed by atoms with Crippen molar-refractivity contribution in [3.63, 3.8) is 0 Å². The number of hydrogen-bond acceptors (Lipinski definition) is 6. The highest BCUT2D eigenvalue weighted by Gasteiger charge is 2.12. The van der Waals surface area contributed by atoms with Crippen LogP contribution in [0.15, 0.2) is 39.8 Å². The molecular weight excluding hydrogens is 513 g/mol. The van der Waals surface area contributed by atoms with Gasteiger partial charge in [-0.05, 0) is 30.9 Å². The molecule has 9 heteroatoms. The van der Waals surface area contributed by atoms with Gasteiger partial charge in [0.15, 0.2) is 11.8 Å². The van der Waals surface area contributed by atoms with Crippen LogP contribution in [0.2, 0.25) is 0 Å². The molecule has 1 aromatic carbocycles. The van der Waals surface area contributed by atoms with Crippen LogP contribution < -0.4 is 10.6 Å². The van der Waals surface area contributed by atoms with E-state index in [0.29, 0.717) is 18.4 Å². The lowest BCUT2D eigenvalue weighted by Crippen LogP contribution is -2.38. The minimum absolute atomic E-state index is 0. The summed E-state index contributed by atoms with van der Waals surface area (Å²) in [6.45, 7) is 7.90. The molecule has 0 aliphatic rings. The van der Waals surface area contributed by atoms with Gasteiger partial charge < -0.3 is 20.3 Å². The molecule has 0 aliphatic heterocycles. The van der Waals surface area contributed by atoms with Crippen molar-refractivity contribution in [2.75, 3.05) is 19.6 Å². The molecule has 2 heterocycles. The fourth-order valence-electron chi connectivity index (χ4n) is 2.83. The number of aryl methyl sites for hydroxylation is 1. The van der Waals surface area contributed by atoms with E-state index in [9.17, 15) is 5.11 Å². The maximum Gasteiger partial charge on any atom is 0.226 e. The average molecular weight is 543 g/mol. The van der Waals surface area contributed by atoms with E-state index < -0.39 is 6.10 Å². The van der Waals surface area contributed by atoms with Crippen LogP contribution in [0.4, 0.5) is 0 Å². The molecule has 0 saturated heterocycles. The van der Waals surface area contributed by atoms with Gasteiger partial charge >= 0.3 is 0 Å². The standard InChI is InChI=1S/C21H29N5O2S.HI/c1-4-22-21(23-11-7-10-19-25-20(14(2)3)26-28-19)24-13-16(27)18-12-15-8-5-6-9-17(15)29-18;/h5-6,8-9,12,14,16,27H,4,7,10-11,13H2,1-3H3,(H2,22,23,24);1H. The Morgan fingerprint density at radius 3 is 2.77 bits per heavy atom. The number of aromatic nitrogens is 2. The van der Waals surface area contributed by atoms with Gasteiger partial charge in [0, 0.05) is 35.0 Å². The quantitative estimate of drug-likeness (QED) is 0.162. The molecule has 2 aromatic heterocycles. The fraction of sp³-hybridized carbons (Fsp3) is 0.476. The maximum atomic E-state index is 10.5. The number of guanidine groups is 1. The first-order valence-corrected chi connectivity index (χ1v) is 10.9. The molecule has 3 N–H and O–H groups in total. The Kier molecular flexibility index (Phi) is 9.99. The molecule has 30 heavy (non-hydrogen) atoms. The van der Waals surface area contributed by atoms with Crippen LogP contribution in [-0.4, -0.2) is 40.8 Å². The summed E-state index contributed by atoms with van der Waals surface area (Å²) in [4.78, 5) is 9.86. The number of hydrogen-bond donors (Lipinski definition) is 3. The van der Waals surface area contributed by atoms with E-state index in [1.807, 2.05) is 39.0 Å². The summed E-state index contributed by atoms with van der Waals surface area (Å²) in [5.41, 5.74) is 0. The van der Waals surface area contributed by atoms with Crippen LogP contribution in [0, 0.1) is 0 Å². The minimum atomic E-state index is -0.615. The van der Waals surface area contributed by atoms with Crippen LogP contribution in [0.1, 0.15) is 55.8 Å². The van der Waals surface area contributed by atoms with Gasteiger partial charge in [-0.25, -0.2) is 0 Å². The average Bonchev–Trinajstić information content (AvgIpc) is 3.36. The molecule has 3 rings (SSSR count). The third-order valence-electron chi connectivity index (χ3n) is 4.40. The van der Waals surface area contributed by atoms with Crippen LogP contribution in [0.5, 0.6) is 0 Å². The molecule has 0 radical (unpaired) electrons. The molecule has 164 valence electrons. The van der Waals surface area contributed by atoms with E-state index >= 15 is 0 Å². The molecular formula is C21H30IN5O2S. The second-order valence-electron chi connectivity index (χ2n) is 7.15. The van der Waals surface area contributed by atoms with Crippen molar-refractivity contribution < 1.29 is 9.63 Å². The van der Waals surface area contributed by atoms with Gasteiger partial charge in [-0.2, -0.15) is 4.98 Å². The Balaban J connectivity index is 0.00000320. The molecule has 3 aromatic rings. The van der Waals surface area contributed by atoms with Gasteiger partial charge in [0.25, 0.3) is 0 Å². The largest absolute Gasteiger partial charge is 0.386 e. The molecule has 0 saturated carbocycles. The van der Waals surface area contributed by atoms with E-state index in [1.54, 1.807) is 11.3 Å². The van der Waals surface area contributed by atoms with Crippen LogP contribution in [0.25, 0.3) is 10.1 Å².